The molecule has 0 aromatic rings. The predicted octanol–water partition coefficient (Wildman–Crippen LogP) is 1.86. The maximum absolute atomic E-state index is 11.2. The number of hydrogen-bond acceptors (Lipinski definition) is 4. The van der Waals surface area contributed by atoms with Crippen molar-refractivity contribution >= 4 is 0 Å². The molecule has 0 unspecified atom stereocenters. The molecule has 1 spiro atoms. The average molecular weight is 336 g/mol. The molecule has 0 aromatic heterocycles. The Kier molecular flexibility index (Phi) is 3.75. The zero-order chi connectivity index (χ0) is 17.3. The van der Waals surface area contributed by atoms with Gasteiger partial charge in [0.05, 0.1) is 25.4 Å². The van der Waals surface area contributed by atoms with Crippen LogP contribution in [0.25, 0.3) is 0 Å². The molecule has 3 saturated carbocycles. The molecular weight excluding hydrogens is 304 g/mol. The summed E-state index contributed by atoms with van der Waals surface area (Å²) in [6, 6.07) is 0. The number of aliphatic hydroxyl groups is 4. The Morgan fingerprint density at radius 1 is 1.04 bits per heavy atom. The third-order valence-electron chi connectivity index (χ3n) is 8.74. The standard InChI is InChI=1S/C20H32O4/c1-18-6-5-16(23)19(2,11-22)15(18)7-17(24)20-8-12(3-4-14(18)20)13(9-20)10-21/h9,12,14-17,21-24H,3-8,10-11H2,1-2H3/t12-,14+,15+,16-,17+,18+,19-,20-/m1/s1. The van der Waals surface area contributed by atoms with Crippen molar-refractivity contribution in [3.05, 3.63) is 11.6 Å². The first kappa shape index (κ1) is 17.0. The van der Waals surface area contributed by atoms with E-state index in [1.54, 1.807) is 0 Å². The van der Waals surface area contributed by atoms with Crippen molar-refractivity contribution < 1.29 is 20.4 Å². The van der Waals surface area contributed by atoms with E-state index in [-0.39, 0.29) is 30.0 Å². The van der Waals surface area contributed by atoms with E-state index in [4.69, 9.17) is 0 Å². The van der Waals surface area contributed by atoms with E-state index in [1.165, 1.54) is 0 Å². The van der Waals surface area contributed by atoms with Crippen LogP contribution in [0.3, 0.4) is 0 Å². The lowest BCUT2D eigenvalue weighted by Gasteiger charge is -2.66. The van der Waals surface area contributed by atoms with E-state index in [1.807, 2.05) is 6.92 Å². The number of rotatable bonds is 2. The summed E-state index contributed by atoms with van der Waals surface area (Å²) in [5, 5.41) is 41.6. The summed E-state index contributed by atoms with van der Waals surface area (Å²) in [5.74, 6) is 0.935. The lowest BCUT2D eigenvalue weighted by Crippen LogP contribution is -2.64. The number of hydrogen-bond donors (Lipinski definition) is 4. The van der Waals surface area contributed by atoms with Crippen LogP contribution in [0.2, 0.25) is 0 Å². The third kappa shape index (κ3) is 1.89. The van der Waals surface area contributed by atoms with Crippen molar-refractivity contribution in [2.45, 2.75) is 64.6 Å². The lowest BCUT2D eigenvalue weighted by atomic mass is 9.40. The molecular formula is C20H32O4. The quantitative estimate of drug-likeness (QED) is 0.580. The first-order chi connectivity index (χ1) is 11.3. The minimum atomic E-state index is -0.533. The van der Waals surface area contributed by atoms with Crippen molar-refractivity contribution in [2.75, 3.05) is 13.2 Å². The van der Waals surface area contributed by atoms with Crippen molar-refractivity contribution in [2.24, 2.45) is 34.0 Å². The van der Waals surface area contributed by atoms with Gasteiger partial charge in [-0.25, -0.2) is 0 Å². The molecule has 0 saturated heterocycles. The van der Waals surface area contributed by atoms with Gasteiger partial charge < -0.3 is 20.4 Å². The lowest BCUT2D eigenvalue weighted by molar-refractivity contribution is -0.221. The van der Waals surface area contributed by atoms with Crippen LogP contribution in [0.15, 0.2) is 11.6 Å². The summed E-state index contributed by atoms with van der Waals surface area (Å²) in [5.41, 5.74) is 0.418. The Morgan fingerprint density at radius 3 is 2.46 bits per heavy atom. The van der Waals surface area contributed by atoms with E-state index in [9.17, 15) is 20.4 Å². The summed E-state index contributed by atoms with van der Waals surface area (Å²) in [6.45, 7) is 4.42. The SMILES string of the molecule is C[C@@]1(CO)[C@H]2C[C@H](O)[C@]34C=C(CO)[C@H](CC[C@H]3[C@]2(C)CC[C@H]1O)C4. The van der Waals surface area contributed by atoms with E-state index < -0.39 is 17.6 Å². The molecule has 8 atom stereocenters. The second-order valence-electron chi connectivity index (χ2n) is 9.55. The smallest absolute Gasteiger partial charge is 0.0644 e. The monoisotopic (exact) mass is 336 g/mol. The summed E-state index contributed by atoms with van der Waals surface area (Å²) in [7, 11) is 0. The predicted molar refractivity (Wildman–Crippen MR) is 91.1 cm³/mol. The van der Waals surface area contributed by atoms with Gasteiger partial charge in [-0.2, -0.15) is 0 Å². The van der Waals surface area contributed by atoms with Gasteiger partial charge in [-0.3, -0.25) is 0 Å². The molecule has 4 nitrogen and oxygen atoms in total. The molecule has 4 N–H and O–H groups in total. The second-order valence-corrected chi connectivity index (χ2v) is 9.55. The fourth-order valence-electron chi connectivity index (χ4n) is 7.38. The van der Waals surface area contributed by atoms with E-state index in [2.05, 4.69) is 13.0 Å². The molecule has 4 aliphatic carbocycles. The highest BCUT2D eigenvalue weighted by Gasteiger charge is 2.67. The van der Waals surface area contributed by atoms with Crippen LogP contribution >= 0.6 is 0 Å². The molecule has 3 fully saturated rings. The van der Waals surface area contributed by atoms with Crippen LogP contribution in [0.5, 0.6) is 0 Å². The fourth-order valence-corrected chi connectivity index (χ4v) is 7.38. The fraction of sp³-hybridized carbons (Fsp3) is 0.900. The largest absolute Gasteiger partial charge is 0.396 e. The Labute approximate surface area is 144 Å². The van der Waals surface area contributed by atoms with E-state index in [0.717, 1.165) is 37.7 Å². The number of fused-ring (bicyclic) bond motifs is 3. The molecule has 0 radical (unpaired) electrons. The van der Waals surface area contributed by atoms with Gasteiger partial charge in [-0.1, -0.05) is 19.9 Å². The van der Waals surface area contributed by atoms with Gasteiger partial charge in [0.25, 0.3) is 0 Å². The van der Waals surface area contributed by atoms with Crippen molar-refractivity contribution in [1.82, 2.24) is 0 Å². The first-order valence-corrected chi connectivity index (χ1v) is 9.61. The van der Waals surface area contributed by atoms with Gasteiger partial charge in [0, 0.05) is 10.8 Å². The van der Waals surface area contributed by atoms with Gasteiger partial charge in [-0.15, -0.1) is 0 Å². The van der Waals surface area contributed by atoms with Crippen LogP contribution in [-0.4, -0.2) is 45.8 Å². The van der Waals surface area contributed by atoms with Crippen LogP contribution in [0.4, 0.5) is 0 Å². The van der Waals surface area contributed by atoms with Crippen molar-refractivity contribution in [3.63, 3.8) is 0 Å². The van der Waals surface area contributed by atoms with Crippen LogP contribution in [-0.2, 0) is 0 Å². The highest BCUT2D eigenvalue weighted by atomic mass is 16.3. The molecule has 136 valence electrons. The highest BCUT2D eigenvalue weighted by molar-refractivity contribution is 5.30. The molecule has 4 rings (SSSR count). The Balaban J connectivity index is 1.79. The summed E-state index contributed by atoms with van der Waals surface area (Å²) in [6.07, 6.45) is 6.75. The van der Waals surface area contributed by atoms with Crippen LogP contribution in [0, 0.1) is 34.0 Å². The molecule has 0 amide bonds. The third-order valence-corrected chi connectivity index (χ3v) is 8.74. The minimum Gasteiger partial charge on any atom is -0.396 e. The Hall–Kier alpha value is -0.420. The van der Waals surface area contributed by atoms with Gasteiger partial charge in [0.15, 0.2) is 0 Å². The van der Waals surface area contributed by atoms with Gasteiger partial charge >= 0.3 is 0 Å². The summed E-state index contributed by atoms with van der Waals surface area (Å²) < 4.78 is 0. The van der Waals surface area contributed by atoms with Gasteiger partial charge in [-0.05, 0) is 67.3 Å². The highest BCUT2D eigenvalue weighted by Crippen LogP contribution is 2.70. The van der Waals surface area contributed by atoms with Crippen molar-refractivity contribution in [1.29, 1.82) is 0 Å². The molecule has 0 aliphatic heterocycles. The van der Waals surface area contributed by atoms with Crippen LogP contribution < -0.4 is 0 Å². The maximum Gasteiger partial charge on any atom is 0.0644 e. The van der Waals surface area contributed by atoms with E-state index in [0.29, 0.717) is 18.3 Å². The normalized spacial score (nSPS) is 56.4. The number of aliphatic hydroxyl groups excluding tert-OH is 4. The first-order valence-electron chi connectivity index (χ1n) is 9.61. The molecule has 24 heavy (non-hydrogen) atoms. The maximum atomic E-state index is 11.2. The zero-order valence-corrected chi connectivity index (χ0v) is 14.9. The summed E-state index contributed by atoms with van der Waals surface area (Å²) >= 11 is 0. The van der Waals surface area contributed by atoms with E-state index >= 15 is 0 Å². The Morgan fingerprint density at radius 2 is 1.79 bits per heavy atom. The second kappa shape index (κ2) is 5.29. The molecule has 0 heterocycles. The molecule has 4 heteroatoms. The Bertz CT molecular complexity index is 560. The minimum absolute atomic E-state index is 0.0266. The topological polar surface area (TPSA) is 80.9 Å². The zero-order valence-electron chi connectivity index (χ0n) is 14.9. The van der Waals surface area contributed by atoms with Crippen LogP contribution in [0.1, 0.15) is 52.4 Å². The van der Waals surface area contributed by atoms with Crippen molar-refractivity contribution in [3.8, 4) is 0 Å². The van der Waals surface area contributed by atoms with Gasteiger partial charge in [0.2, 0.25) is 0 Å². The summed E-state index contributed by atoms with van der Waals surface area (Å²) in [4.78, 5) is 0. The average Bonchev–Trinajstić information content (AvgIpc) is 2.86. The van der Waals surface area contributed by atoms with Gasteiger partial charge in [0.1, 0.15) is 0 Å². The molecule has 4 aliphatic rings. The molecule has 0 aromatic carbocycles. The molecule has 2 bridgehead atoms.